The highest BCUT2D eigenvalue weighted by molar-refractivity contribution is 7.56. The average molecular weight is 238 g/mol. The number of hydrogen-bond acceptors (Lipinski definition) is 4. The number of ketones is 1. The second kappa shape index (κ2) is 4.73. The van der Waals surface area contributed by atoms with Crippen LogP contribution in [0, 0.1) is 0 Å². The zero-order valence-corrected chi connectivity index (χ0v) is 9.89. The summed E-state index contributed by atoms with van der Waals surface area (Å²) in [5.41, 5.74) is 0. The Morgan fingerprint density at radius 3 is 2.27 bits per heavy atom. The van der Waals surface area contributed by atoms with Crippen molar-refractivity contribution in [3.8, 4) is 0 Å². The van der Waals surface area contributed by atoms with Gasteiger partial charge in [-0.15, -0.1) is 0 Å². The van der Waals surface area contributed by atoms with E-state index in [9.17, 15) is 13.8 Å². The summed E-state index contributed by atoms with van der Waals surface area (Å²) >= 11 is 0. The average Bonchev–Trinajstić information content (AvgIpc) is 2.49. The summed E-state index contributed by atoms with van der Waals surface area (Å²) in [6.45, 7) is 3.31. The predicted molar refractivity (Wildman–Crippen MR) is 53.6 cm³/mol. The maximum absolute atomic E-state index is 14.3. The summed E-state index contributed by atoms with van der Waals surface area (Å²) in [6, 6.07) is 0. The van der Waals surface area contributed by atoms with Crippen molar-refractivity contribution in [3.63, 3.8) is 0 Å². The van der Waals surface area contributed by atoms with Crippen LogP contribution in [0.4, 0.5) is 4.39 Å². The fourth-order valence-electron chi connectivity index (χ4n) is 1.69. The van der Waals surface area contributed by atoms with Crippen LogP contribution in [-0.4, -0.2) is 24.4 Å². The molecule has 0 bridgehead atoms. The minimum absolute atomic E-state index is 0.0657. The van der Waals surface area contributed by atoms with Gasteiger partial charge in [-0.3, -0.25) is 9.36 Å². The number of Topliss-reactive ketones (excluding diaryl/α,β-unsaturated/α-hetero) is 1. The number of carbonyl (C=O) groups excluding carboxylic acids is 1. The molecule has 1 fully saturated rings. The van der Waals surface area contributed by atoms with Gasteiger partial charge in [0.15, 0.2) is 5.78 Å². The molecule has 0 radical (unpaired) electrons. The normalized spacial score (nSPS) is 27.3. The first-order valence-corrected chi connectivity index (χ1v) is 6.66. The maximum Gasteiger partial charge on any atom is 0.375 e. The Kier molecular flexibility index (Phi) is 4.04. The number of alkyl halides is 1. The van der Waals surface area contributed by atoms with E-state index in [0.717, 1.165) is 0 Å². The molecule has 1 rings (SSSR count). The summed E-state index contributed by atoms with van der Waals surface area (Å²) in [5.74, 6) is -0.660. The summed E-state index contributed by atoms with van der Waals surface area (Å²) in [4.78, 5) is 11.4. The van der Waals surface area contributed by atoms with Crippen LogP contribution in [0.5, 0.6) is 0 Å². The Labute approximate surface area is 88.7 Å². The molecule has 15 heavy (non-hydrogen) atoms. The molecule has 0 aromatic carbocycles. The third kappa shape index (κ3) is 2.14. The van der Waals surface area contributed by atoms with E-state index in [1.807, 2.05) is 0 Å². The van der Waals surface area contributed by atoms with E-state index >= 15 is 0 Å². The molecule has 1 atom stereocenters. The second-order valence-corrected chi connectivity index (χ2v) is 5.59. The molecule has 0 aromatic rings. The molecule has 0 spiro atoms. The fraction of sp³-hybridized carbons (Fsp3) is 0.889. The smallest absolute Gasteiger partial charge is 0.306 e. The van der Waals surface area contributed by atoms with Crippen molar-refractivity contribution in [1.82, 2.24) is 0 Å². The van der Waals surface area contributed by atoms with Gasteiger partial charge < -0.3 is 9.05 Å². The summed E-state index contributed by atoms with van der Waals surface area (Å²) < 4.78 is 36.1. The van der Waals surface area contributed by atoms with E-state index in [1.54, 1.807) is 13.8 Å². The van der Waals surface area contributed by atoms with Gasteiger partial charge in [0.25, 0.3) is 5.41 Å². The lowest BCUT2D eigenvalue weighted by Crippen LogP contribution is -2.30. The van der Waals surface area contributed by atoms with Crippen molar-refractivity contribution < 1.29 is 22.8 Å². The molecule has 0 amide bonds. The first-order chi connectivity index (χ1) is 7.00. The Morgan fingerprint density at radius 2 is 1.93 bits per heavy atom. The quantitative estimate of drug-likeness (QED) is 0.691. The van der Waals surface area contributed by atoms with Crippen molar-refractivity contribution in [2.75, 3.05) is 13.2 Å². The number of carbonyl (C=O) groups is 1. The van der Waals surface area contributed by atoms with Gasteiger partial charge >= 0.3 is 7.60 Å². The summed E-state index contributed by atoms with van der Waals surface area (Å²) in [7, 11) is -3.95. The Hall–Kier alpha value is -0.250. The highest BCUT2D eigenvalue weighted by Gasteiger charge is 2.59. The lowest BCUT2D eigenvalue weighted by atomic mass is 10.3. The first-order valence-electron chi connectivity index (χ1n) is 5.11. The van der Waals surface area contributed by atoms with E-state index in [4.69, 9.17) is 9.05 Å². The molecule has 1 aliphatic rings. The SMILES string of the molecule is CCOP(=O)(OCC)C1(F)CCCC1=O. The molecule has 0 aromatic heterocycles. The van der Waals surface area contributed by atoms with E-state index in [-0.39, 0.29) is 26.1 Å². The third-order valence-electron chi connectivity index (χ3n) is 2.37. The van der Waals surface area contributed by atoms with Crippen molar-refractivity contribution >= 4 is 13.4 Å². The van der Waals surface area contributed by atoms with Gasteiger partial charge in [0.05, 0.1) is 13.2 Å². The standard InChI is InChI=1S/C9H16FO4P/c1-3-13-15(12,14-4-2)9(10)7-5-6-8(9)11/h3-7H2,1-2H3. The van der Waals surface area contributed by atoms with Crippen molar-refractivity contribution in [2.45, 2.75) is 38.5 Å². The van der Waals surface area contributed by atoms with Crippen LogP contribution in [0.25, 0.3) is 0 Å². The Balaban J connectivity index is 2.97. The summed E-state index contributed by atoms with van der Waals surface area (Å²) in [6.07, 6.45) is 0.448. The second-order valence-electron chi connectivity index (χ2n) is 3.37. The molecule has 6 heteroatoms. The molecule has 0 N–H and O–H groups in total. The Morgan fingerprint density at radius 1 is 1.40 bits per heavy atom. The molecule has 1 aliphatic carbocycles. The van der Waals surface area contributed by atoms with E-state index in [0.29, 0.717) is 6.42 Å². The lowest BCUT2D eigenvalue weighted by Gasteiger charge is -2.27. The monoisotopic (exact) mass is 238 g/mol. The molecule has 1 saturated carbocycles. The minimum Gasteiger partial charge on any atom is -0.306 e. The number of rotatable bonds is 5. The first kappa shape index (κ1) is 12.8. The van der Waals surface area contributed by atoms with Gasteiger partial charge in [-0.2, -0.15) is 0 Å². The zero-order chi connectivity index (χ0) is 11.5. The van der Waals surface area contributed by atoms with Gasteiger partial charge in [0.2, 0.25) is 0 Å². The molecule has 0 saturated heterocycles. The van der Waals surface area contributed by atoms with Gasteiger partial charge in [-0.25, -0.2) is 4.39 Å². The highest BCUT2D eigenvalue weighted by atomic mass is 31.2. The largest absolute Gasteiger partial charge is 0.375 e. The highest BCUT2D eigenvalue weighted by Crippen LogP contribution is 2.65. The van der Waals surface area contributed by atoms with Crippen LogP contribution in [0.1, 0.15) is 33.1 Å². The molecule has 88 valence electrons. The minimum atomic E-state index is -3.95. The van der Waals surface area contributed by atoms with E-state index < -0.39 is 18.8 Å². The molecule has 1 unspecified atom stereocenters. The topological polar surface area (TPSA) is 52.6 Å². The number of hydrogen-bond donors (Lipinski definition) is 0. The molecule has 4 nitrogen and oxygen atoms in total. The van der Waals surface area contributed by atoms with Gasteiger partial charge in [0, 0.05) is 12.8 Å². The van der Waals surface area contributed by atoms with Crippen LogP contribution in [0.2, 0.25) is 0 Å². The van der Waals surface area contributed by atoms with Crippen LogP contribution >= 0.6 is 7.60 Å². The number of halogens is 1. The summed E-state index contributed by atoms with van der Waals surface area (Å²) in [5, 5.41) is -2.42. The molecular weight excluding hydrogens is 222 g/mol. The van der Waals surface area contributed by atoms with Gasteiger partial charge in [-0.05, 0) is 20.3 Å². The fourth-order valence-corrected chi connectivity index (χ4v) is 3.70. The zero-order valence-electron chi connectivity index (χ0n) is 8.99. The maximum atomic E-state index is 14.3. The third-order valence-corrected chi connectivity index (χ3v) is 4.91. The van der Waals surface area contributed by atoms with Crippen molar-refractivity contribution in [1.29, 1.82) is 0 Å². The van der Waals surface area contributed by atoms with Crippen LogP contribution < -0.4 is 0 Å². The predicted octanol–water partition coefficient (Wildman–Crippen LogP) is 2.67. The van der Waals surface area contributed by atoms with E-state index in [2.05, 4.69) is 0 Å². The van der Waals surface area contributed by atoms with Crippen LogP contribution in [0.3, 0.4) is 0 Å². The van der Waals surface area contributed by atoms with Crippen LogP contribution in [-0.2, 0) is 18.4 Å². The van der Waals surface area contributed by atoms with Gasteiger partial charge in [-0.1, -0.05) is 0 Å². The molecule has 0 heterocycles. The lowest BCUT2D eigenvalue weighted by molar-refractivity contribution is -0.124. The van der Waals surface area contributed by atoms with E-state index in [1.165, 1.54) is 0 Å². The Bertz CT molecular complexity index is 284. The molecular formula is C9H16FO4P. The van der Waals surface area contributed by atoms with Crippen molar-refractivity contribution in [2.24, 2.45) is 0 Å². The molecule has 0 aliphatic heterocycles. The van der Waals surface area contributed by atoms with Crippen molar-refractivity contribution in [3.05, 3.63) is 0 Å². The van der Waals surface area contributed by atoms with Gasteiger partial charge in [0.1, 0.15) is 0 Å². The van der Waals surface area contributed by atoms with Crippen LogP contribution in [0.15, 0.2) is 0 Å².